The van der Waals surface area contributed by atoms with Gasteiger partial charge in [0.05, 0.1) is 18.1 Å². The van der Waals surface area contributed by atoms with Crippen LogP contribution in [-0.2, 0) is 11.3 Å². The molecule has 0 saturated heterocycles. The van der Waals surface area contributed by atoms with Crippen LogP contribution in [0, 0.1) is 4.77 Å². The average Bonchev–Trinajstić information content (AvgIpc) is 2.74. The molecule has 0 unspecified atom stereocenters. The number of H-pyrrole nitrogens is 1. The Kier molecular flexibility index (Phi) is 4.99. The maximum Gasteiger partial charge on any atom is 0.178 e. The van der Waals surface area contributed by atoms with Crippen molar-refractivity contribution in [2.75, 3.05) is 20.3 Å². The largest absolute Gasteiger partial charge is 0.497 e. The Morgan fingerprint density at radius 3 is 2.89 bits per heavy atom. The third kappa shape index (κ3) is 3.36. The van der Waals surface area contributed by atoms with E-state index < -0.39 is 0 Å². The summed E-state index contributed by atoms with van der Waals surface area (Å²) < 4.78 is 13.6. The maximum atomic E-state index is 5.50. The Morgan fingerprint density at radius 2 is 2.16 bits per heavy atom. The van der Waals surface area contributed by atoms with E-state index in [-0.39, 0.29) is 0 Å². The standard InChI is InChI=1S/C14H20N2O2S/c1-3-8-18-9-4-7-16-13-10-11(17-2)5-6-12(13)15-14(16)19/h5-6,10H,3-4,7-9H2,1-2H3,(H,15,19). The highest BCUT2D eigenvalue weighted by Crippen LogP contribution is 2.20. The number of aromatic amines is 1. The number of nitrogens with zero attached hydrogens (tertiary/aromatic N) is 1. The third-order valence-electron chi connectivity index (χ3n) is 3.00. The van der Waals surface area contributed by atoms with E-state index in [0.29, 0.717) is 0 Å². The highest BCUT2D eigenvalue weighted by Gasteiger charge is 2.05. The predicted octanol–water partition coefficient (Wildman–Crippen LogP) is 3.52. The SMILES string of the molecule is CCCOCCCn1c(=S)[nH]c2ccc(OC)cc21. The van der Waals surface area contributed by atoms with Gasteiger partial charge in [-0.25, -0.2) is 0 Å². The maximum absolute atomic E-state index is 5.50. The molecule has 0 bridgehead atoms. The first kappa shape index (κ1) is 14.1. The first-order chi connectivity index (χ1) is 9.26. The summed E-state index contributed by atoms with van der Waals surface area (Å²) in [5.74, 6) is 0.845. The number of ether oxygens (including phenoxy) is 2. The van der Waals surface area contributed by atoms with Crippen molar-refractivity contribution < 1.29 is 9.47 Å². The van der Waals surface area contributed by atoms with E-state index in [1.807, 2.05) is 18.2 Å². The zero-order valence-corrected chi connectivity index (χ0v) is 12.3. The molecule has 0 fully saturated rings. The molecular weight excluding hydrogens is 260 g/mol. The van der Waals surface area contributed by atoms with E-state index in [9.17, 15) is 0 Å². The molecule has 0 radical (unpaired) electrons. The minimum Gasteiger partial charge on any atom is -0.497 e. The van der Waals surface area contributed by atoms with Crippen LogP contribution in [0.2, 0.25) is 0 Å². The van der Waals surface area contributed by atoms with Crippen LogP contribution in [0.1, 0.15) is 19.8 Å². The van der Waals surface area contributed by atoms with Gasteiger partial charge in [-0.3, -0.25) is 0 Å². The molecule has 4 nitrogen and oxygen atoms in total. The van der Waals surface area contributed by atoms with E-state index in [0.717, 1.165) is 54.2 Å². The molecule has 5 heteroatoms. The predicted molar refractivity (Wildman–Crippen MR) is 79.4 cm³/mol. The molecule has 2 rings (SSSR count). The number of aryl methyl sites for hydroxylation is 1. The zero-order chi connectivity index (χ0) is 13.7. The van der Waals surface area contributed by atoms with Crippen molar-refractivity contribution >= 4 is 23.3 Å². The summed E-state index contributed by atoms with van der Waals surface area (Å²) in [6.07, 6.45) is 2.02. The van der Waals surface area contributed by atoms with Gasteiger partial charge in [-0.1, -0.05) is 6.92 Å². The highest BCUT2D eigenvalue weighted by atomic mass is 32.1. The number of rotatable bonds is 7. The van der Waals surface area contributed by atoms with Gasteiger partial charge in [-0.2, -0.15) is 0 Å². The van der Waals surface area contributed by atoms with Crippen molar-refractivity contribution in [3.63, 3.8) is 0 Å². The summed E-state index contributed by atoms with van der Waals surface area (Å²) in [6.45, 7) is 4.57. The van der Waals surface area contributed by atoms with Crippen molar-refractivity contribution in [3.8, 4) is 5.75 Å². The van der Waals surface area contributed by atoms with E-state index in [1.165, 1.54) is 0 Å². The van der Waals surface area contributed by atoms with Crippen molar-refractivity contribution in [1.82, 2.24) is 9.55 Å². The minimum atomic E-state index is 0.749. The molecule has 0 spiro atoms. The van der Waals surface area contributed by atoms with Crippen molar-refractivity contribution in [3.05, 3.63) is 23.0 Å². The lowest BCUT2D eigenvalue weighted by Crippen LogP contribution is -2.03. The van der Waals surface area contributed by atoms with Crippen molar-refractivity contribution in [2.24, 2.45) is 0 Å². The van der Waals surface area contributed by atoms with Gasteiger partial charge in [-0.15, -0.1) is 0 Å². The van der Waals surface area contributed by atoms with Crippen LogP contribution in [0.5, 0.6) is 5.75 Å². The van der Waals surface area contributed by atoms with Crippen LogP contribution in [0.3, 0.4) is 0 Å². The average molecular weight is 280 g/mol. The van der Waals surface area contributed by atoms with Gasteiger partial charge in [0.15, 0.2) is 4.77 Å². The van der Waals surface area contributed by atoms with Gasteiger partial charge in [0, 0.05) is 25.8 Å². The fraction of sp³-hybridized carbons (Fsp3) is 0.500. The molecule has 2 aromatic rings. The van der Waals surface area contributed by atoms with Crippen molar-refractivity contribution in [2.45, 2.75) is 26.3 Å². The summed E-state index contributed by atoms with van der Waals surface area (Å²) in [4.78, 5) is 3.21. The molecule has 0 amide bonds. The lowest BCUT2D eigenvalue weighted by molar-refractivity contribution is 0.129. The van der Waals surface area contributed by atoms with Crippen LogP contribution in [0.4, 0.5) is 0 Å². The van der Waals surface area contributed by atoms with Crippen LogP contribution < -0.4 is 4.74 Å². The molecule has 19 heavy (non-hydrogen) atoms. The fourth-order valence-electron chi connectivity index (χ4n) is 2.05. The molecule has 0 aliphatic carbocycles. The molecule has 1 N–H and O–H groups in total. The molecular formula is C14H20N2O2S. The summed E-state index contributed by atoms with van der Waals surface area (Å²) in [7, 11) is 1.67. The summed E-state index contributed by atoms with van der Waals surface area (Å²) in [5.41, 5.74) is 2.13. The topological polar surface area (TPSA) is 39.2 Å². The molecule has 104 valence electrons. The highest BCUT2D eigenvalue weighted by molar-refractivity contribution is 7.71. The number of fused-ring (bicyclic) bond motifs is 1. The Bertz CT molecular complexity index is 589. The second kappa shape index (κ2) is 6.73. The van der Waals surface area contributed by atoms with E-state index in [4.69, 9.17) is 21.7 Å². The van der Waals surface area contributed by atoms with Gasteiger partial charge < -0.3 is 19.0 Å². The number of hydrogen-bond donors (Lipinski definition) is 1. The van der Waals surface area contributed by atoms with Gasteiger partial charge in [0.25, 0.3) is 0 Å². The second-order valence-corrected chi connectivity index (χ2v) is 4.82. The molecule has 0 saturated carbocycles. The lowest BCUT2D eigenvalue weighted by Gasteiger charge is -2.06. The first-order valence-electron chi connectivity index (χ1n) is 6.60. The third-order valence-corrected chi connectivity index (χ3v) is 3.32. The Balaban J connectivity index is 2.12. The molecule has 0 aliphatic heterocycles. The minimum absolute atomic E-state index is 0.749. The quantitative estimate of drug-likeness (QED) is 0.623. The smallest absolute Gasteiger partial charge is 0.178 e. The number of benzene rings is 1. The van der Waals surface area contributed by atoms with Gasteiger partial charge in [0.2, 0.25) is 0 Å². The van der Waals surface area contributed by atoms with Crippen LogP contribution >= 0.6 is 12.2 Å². The zero-order valence-electron chi connectivity index (χ0n) is 11.4. The van der Waals surface area contributed by atoms with Crippen LogP contribution in [-0.4, -0.2) is 29.9 Å². The molecule has 1 aromatic heterocycles. The number of methoxy groups -OCH3 is 1. The second-order valence-electron chi connectivity index (χ2n) is 4.43. The van der Waals surface area contributed by atoms with Gasteiger partial charge in [0.1, 0.15) is 5.75 Å². The Morgan fingerprint density at radius 1 is 1.32 bits per heavy atom. The molecule has 1 aromatic carbocycles. The van der Waals surface area contributed by atoms with E-state index in [1.54, 1.807) is 7.11 Å². The molecule has 1 heterocycles. The van der Waals surface area contributed by atoms with Crippen LogP contribution in [0.25, 0.3) is 11.0 Å². The van der Waals surface area contributed by atoms with E-state index in [2.05, 4.69) is 16.5 Å². The monoisotopic (exact) mass is 280 g/mol. The fourth-order valence-corrected chi connectivity index (χ4v) is 2.35. The Labute approximate surface area is 118 Å². The normalized spacial score (nSPS) is 11.1. The number of aromatic nitrogens is 2. The number of imidazole rings is 1. The molecule has 0 aliphatic rings. The van der Waals surface area contributed by atoms with Gasteiger partial charge in [-0.05, 0) is 37.2 Å². The summed E-state index contributed by atoms with van der Waals surface area (Å²) in [6, 6.07) is 5.94. The summed E-state index contributed by atoms with van der Waals surface area (Å²) >= 11 is 5.36. The van der Waals surface area contributed by atoms with Crippen LogP contribution in [0.15, 0.2) is 18.2 Å². The van der Waals surface area contributed by atoms with E-state index >= 15 is 0 Å². The number of nitrogens with one attached hydrogen (secondary N) is 1. The summed E-state index contributed by atoms with van der Waals surface area (Å²) in [5, 5.41) is 0. The molecule has 0 atom stereocenters. The lowest BCUT2D eigenvalue weighted by atomic mass is 10.3. The number of hydrogen-bond acceptors (Lipinski definition) is 3. The first-order valence-corrected chi connectivity index (χ1v) is 7.01. The van der Waals surface area contributed by atoms with Crippen molar-refractivity contribution in [1.29, 1.82) is 0 Å². The van der Waals surface area contributed by atoms with Gasteiger partial charge >= 0.3 is 0 Å². The Hall–Kier alpha value is -1.33.